The molecular formula is C19H20FN3O3S. The Labute approximate surface area is 157 Å². The van der Waals surface area contributed by atoms with Gasteiger partial charge in [0.15, 0.2) is 5.58 Å². The van der Waals surface area contributed by atoms with E-state index in [1.165, 1.54) is 16.4 Å². The highest BCUT2D eigenvalue weighted by molar-refractivity contribution is 7.88. The van der Waals surface area contributed by atoms with Crippen molar-refractivity contribution < 1.29 is 17.2 Å². The first-order valence-corrected chi connectivity index (χ1v) is 10.3. The van der Waals surface area contributed by atoms with Gasteiger partial charge in [0.05, 0.1) is 5.75 Å². The first kappa shape index (κ1) is 17.9. The van der Waals surface area contributed by atoms with E-state index in [0.29, 0.717) is 36.6 Å². The van der Waals surface area contributed by atoms with E-state index >= 15 is 0 Å². The summed E-state index contributed by atoms with van der Waals surface area (Å²) in [5.74, 6) is -0.403. The van der Waals surface area contributed by atoms with Crippen molar-refractivity contribution in [3.63, 3.8) is 0 Å². The van der Waals surface area contributed by atoms with Gasteiger partial charge in [-0.05, 0) is 24.1 Å². The summed E-state index contributed by atoms with van der Waals surface area (Å²) >= 11 is 0. The fourth-order valence-electron chi connectivity index (χ4n) is 3.35. The summed E-state index contributed by atoms with van der Waals surface area (Å²) in [7, 11) is -1.81. The van der Waals surface area contributed by atoms with Crippen LogP contribution in [0.25, 0.3) is 11.1 Å². The molecule has 3 aromatic rings. The van der Waals surface area contributed by atoms with E-state index in [2.05, 4.69) is 4.98 Å². The van der Waals surface area contributed by atoms with Crippen molar-refractivity contribution in [3.05, 3.63) is 59.9 Å². The third-order valence-electron chi connectivity index (χ3n) is 4.92. The van der Waals surface area contributed by atoms with E-state index in [1.807, 2.05) is 35.2 Å². The molecule has 0 bridgehead atoms. The molecule has 1 fully saturated rings. The van der Waals surface area contributed by atoms with E-state index in [0.717, 1.165) is 5.56 Å². The zero-order valence-electron chi connectivity index (χ0n) is 14.9. The standard InChI is InChI=1S/C19H20FN3O3S/c1-22(27(24,25)13-14-5-3-2-4-6-14)16-9-10-23(12-16)19-21-17-8-7-15(20)11-18(17)26-19/h2-8,11,16H,9-10,12-13H2,1H3. The molecule has 0 saturated carbocycles. The Morgan fingerprint density at radius 3 is 2.81 bits per heavy atom. The minimum absolute atomic E-state index is 0.0248. The van der Waals surface area contributed by atoms with Gasteiger partial charge in [0.1, 0.15) is 11.3 Å². The Hall–Kier alpha value is -2.45. The number of benzene rings is 2. The van der Waals surface area contributed by atoms with Crippen LogP contribution < -0.4 is 4.90 Å². The molecule has 1 atom stereocenters. The Bertz CT molecular complexity index is 1050. The molecule has 8 heteroatoms. The minimum atomic E-state index is -3.43. The summed E-state index contributed by atoms with van der Waals surface area (Å²) in [4.78, 5) is 6.28. The summed E-state index contributed by atoms with van der Waals surface area (Å²) in [6.45, 7) is 1.12. The van der Waals surface area contributed by atoms with Gasteiger partial charge in [0.25, 0.3) is 6.01 Å². The van der Waals surface area contributed by atoms with Crippen LogP contribution in [0, 0.1) is 5.82 Å². The number of oxazole rings is 1. The summed E-state index contributed by atoms with van der Waals surface area (Å²) in [5.41, 5.74) is 1.73. The fraction of sp³-hybridized carbons (Fsp3) is 0.316. The zero-order chi connectivity index (χ0) is 19.0. The molecule has 0 radical (unpaired) electrons. The predicted octanol–water partition coefficient (Wildman–Crippen LogP) is 3.01. The Kier molecular flexibility index (Phi) is 4.61. The lowest BCUT2D eigenvalue weighted by atomic mass is 10.2. The molecule has 1 unspecified atom stereocenters. The second-order valence-electron chi connectivity index (χ2n) is 6.76. The number of aromatic nitrogens is 1. The number of nitrogens with zero attached hydrogens (tertiary/aromatic N) is 3. The fourth-order valence-corrected chi connectivity index (χ4v) is 4.79. The Morgan fingerprint density at radius 2 is 2.04 bits per heavy atom. The van der Waals surface area contributed by atoms with Gasteiger partial charge >= 0.3 is 0 Å². The van der Waals surface area contributed by atoms with Gasteiger partial charge in [-0.15, -0.1) is 0 Å². The minimum Gasteiger partial charge on any atom is -0.423 e. The van der Waals surface area contributed by atoms with Crippen molar-refractivity contribution in [1.29, 1.82) is 0 Å². The number of hydrogen-bond acceptors (Lipinski definition) is 5. The maximum absolute atomic E-state index is 13.3. The van der Waals surface area contributed by atoms with Crippen molar-refractivity contribution >= 4 is 27.1 Å². The largest absolute Gasteiger partial charge is 0.423 e. The highest BCUT2D eigenvalue weighted by Gasteiger charge is 2.34. The van der Waals surface area contributed by atoms with Crippen molar-refractivity contribution in [1.82, 2.24) is 9.29 Å². The molecule has 142 valence electrons. The lowest BCUT2D eigenvalue weighted by Gasteiger charge is -2.24. The van der Waals surface area contributed by atoms with E-state index in [9.17, 15) is 12.8 Å². The van der Waals surface area contributed by atoms with Gasteiger partial charge in [-0.2, -0.15) is 9.29 Å². The van der Waals surface area contributed by atoms with Gasteiger partial charge in [0, 0.05) is 32.2 Å². The number of likely N-dealkylation sites (N-methyl/N-ethyl adjacent to an activating group) is 1. The van der Waals surface area contributed by atoms with Crippen LogP contribution in [0.15, 0.2) is 52.9 Å². The Morgan fingerprint density at radius 1 is 1.26 bits per heavy atom. The summed E-state index contributed by atoms with van der Waals surface area (Å²) in [6.07, 6.45) is 0.678. The molecule has 1 aliphatic heterocycles. The summed E-state index contributed by atoms with van der Waals surface area (Å²) < 4.78 is 45.9. The second kappa shape index (κ2) is 6.94. The van der Waals surface area contributed by atoms with Gasteiger partial charge in [-0.25, -0.2) is 12.8 Å². The predicted molar refractivity (Wildman–Crippen MR) is 101 cm³/mol. The molecule has 0 spiro atoms. The van der Waals surface area contributed by atoms with Crippen molar-refractivity contribution in [3.8, 4) is 0 Å². The first-order valence-electron chi connectivity index (χ1n) is 8.73. The van der Waals surface area contributed by atoms with Crippen LogP contribution in [0.2, 0.25) is 0 Å². The van der Waals surface area contributed by atoms with Crippen LogP contribution in [-0.4, -0.2) is 43.9 Å². The van der Waals surface area contributed by atoms with Crippen LogP contribution >= 0.6 is 0 Å². The van der Waals surface area contributed by atoms with E-state index in [-0.39, 0.29) is 17.6 Å². The third kappa shape index (κ3) is 3.68. The molecule has 2 heterocycles. The number of fused-ring (bicyclic) bond motifs is 1. The quantitative estimate of drug-likeness (QED) is 0.671. The van der Waals surface area contributed by atoms with Gasteiger partial charge in [-0.1, -0.05) is 30.3 Å². The van der Waals surface area contributed by atoms with Crippen LogP contribution in [0.1, 0.15) is 12.0 Å². The van der Waals surface area contributed by atoms with Gasteiger partial charge < -0.3 is 9.32 Å². The Balaban J connectivity index is 1.48. The number of rotatable bonds is 5. The molecule has 6 nitrogen and oxygen atoms in total. The third-order valence-corrected chi connectivity index (χ3v) is 6.79. The SMILES string of the molecule is CN(C1CCN(c2nc3ccc(F)cc3o2)C1)S(=O)(=O)Cc1ccccc1. The van der Waals surface area contributed by atoms with Crippen LogP contribution in [-0.2, 0) is 15.8 Å². The van der Waals surface area contributed by atoms with Crippen LogP contribution in [0.4, 0.5) is 10.4 Å². The maximum Gasteiger partial charge on any atom is 0.298 e. The first-order chi connectivity index (χ1) is 12.9. The lowest BCUT2D eigenvalue weighted by Crippen LogP contribution is -2.39. The molecule has 0 N–H and O–H groups in total. The molecule has 0 aliphatic carbocycles. The van der Waals surface area contributed by atoms with E-state index in [1.54, 1.807) is 13.1 Å². The topological polar surface area (TPSA) is 66.7 Å². The molecule has 0 amide bonds. The van der Waals surface area contributed by atoms with Crippen LogP contribution in [0.5, 0.6) is 0 Å². The molecule has 1 aliphatic rings. The smallest absolute Gasteiger partial charge is 0.298 e. The average molecular weight is 389 g/mol. The number of hydrogen-bond donors (Lipinski definition) is 0. The lowest BCUT2D eigenvalue weighted by molar-refractivity contribution is 0.388. The molecule has 4 rings (SSSR count). The van der Waals surface area contributed by atoms with Crippen molar-refractivity contribution in [2.45, 2.75) is 18.2 Å². The molecule has 1 aromatic heterocycles. The number of sulfonamides is 1. The molecular weight excluding hydrogens is 369 g/mol. The van der Waals surface area contributed by atoms with E-state index < -0.39 is 10.0 Å². The maximum atomic E-state index is 13.3. The van der Waals surface area contributed by atoms with Crippen molar-refractivity contribution in [2.24, 2.45) is 0 Å². The van der Waals surface area contributed by atoms with E-state index in [4.69, 9.17) is 4.42 Å². The molecule has 2 aromatic carbocycles. The monoisotopic (exact) mass is 389 g/mol. The highest BCUT2D eigenvalue weighted by Crippen LogP contribution is 2.27. The highest BCUT2D eigenvalue weighted by atomic mass is 32.2. The zero-order valence-corrected chi connectivity index (χ0v) is 15.7. The summed E-state index contributed by atoms with van der Waals surface area (Å²) in [6, 6.07) is 13.6. The second-order valence-corrected chi connectivity index (χ2v) is 8.78. The normalized spacial score (nSPS) is 17.9. The molecule has 27 heavy (non-hydrogen) atoms. The van der Waals surface area contributed by atoms with Crippen LogP contribution in [0.3, 0.4) is 0 Å². The molecule has 1 saturated heterocycles. The number of anilines is 1. The number of halogens is 1. The van der Waals surface area contributed by atoms with Crippen molar-refractivity contribution in [2.75, 3.05) is 25.0 Å². The summed E-state index contributed by atoms with van der Waals surface area (Å²) in [5, 5.41) is 0. The van der Waals surface area contributed by atoms with Gasteiger partial charge in [0.2, 0.25) is 10.0 Å². The average Bonchev–Trinajstić information content (AvgIpc) is 3.28. The van der Waals surface area contributed by atoms with Gasteiger partial charge in [-0.3, -0.25) is 0 Å².